The number of methoxy groups -OCH3 is 1. The average molecular weight is 255 g/mol. The third-order valence-corrected chi connectivity index (χ3v) is 3.53. The number of hydrogen-bond donors (Lipinski definition) is 2. The highest BCUT2D eigenvalue weighted by molar-refractivity contribution is 6.30. The molecule has 4 heteroatoms. The van der Waals surface area contributed by atoms with Crippen molar-refractivity contribution in [1.29, 1.82) is 0 Å². The van der Waals surface area contributed by atoms with Crippen molar-refractivity contribution in [3.63, 3.8) is 0 Å². The summed E-state index contributed by atoms with van der Waals surface area (Å²) in [6.07, 6.45) is 3.37. The summed E-state index contributed by atoms with van der Waals surface area (Å²) in [4.78, 5) is 0. The molecule has 1 saturated heterocycles. The number of benzene rings is 1. The lowest BCUT2D eigenvalue weighted by atomic mass is 9.98. The normalized spacial score (nSPS) is 21.5. The minimum absolute atomic E-state index is 0.0285. The summed E-state index contributed by atoms with van der Waals surface area (Å²) in [6, 6.07) is 6.09. The van der Waals surface area contributed by atoms with Gasteiger partial charge in [0, 0.05) is 22.7 Å². The molecule has 1 aromatic carbocycles. The molecule has 0 bridgehead atoms. The summed E-state index contributed by atoms with van der Waals surface area (Å²) in [7, 11) is 1.66. The molecule has 0 aliphatic carbocycles. The van der Waals surface area contributed by atoms with Crippen molar-refractivity contribution in [2.45, 2.75) is 31.3 Å². The van der Waals surface area contributed by atoms with Crippen molar-refractivity contribution in [1.82, 2.24) is 5.32 Å². The predicted octanol–water partition coefficient (Wildman–Crippen LogP) is 2.49. The first kappa shape index (κ1) is 12.7. The standard InChI is InChI=1S/C13H19ClN2O/c1-17-13-5-4-9(14)7-11(13)12(15)8-10-3-2-6-16-10/h4-5,7,10,12,16H,2-3,6,8,15H2,1H3. The van der Waals surface area contributed by atoms with Crippen molar-refractivity contribution < 1.29 is 4.74 Å². The van der Waals surface area contributed by atoms with E-state index in [9.17, 15) is 0 Å². The van der Waals surface area contributed by atoms with E-state index in [1.165, 1.54) is 12.8 Å². The summed E-state index contributed by atoms with van der Waals surface area (Å²) in [6.45, 7) is 1.10. The fourth-order valence-electron chi connectivity index (χ4n) is 2.39. The van der Waals surface area contributed by atoms with Crippen LogP contribution in [0, 0.1) is 0 Å². The number of hydrogen-bond acceptors (Lipinski definition) is 3. The molecule has 0 aromatic heterocycles. The lowest BCUT2D eigenvalue weighted by Crippen LogP contribution is -2.27. The van der Waals surface area contributed by atoms with E-state index in [4.69, 9.17) is 22.1 Å². The molecule has 0 amide bonds. The second-order valence-corrected chi connectivity index (χ2v) is 4.96. The van der Waals surface area contributed by atoms with E-state index in [0.717, 1.165) is 24.3 Å². The molecule has 2 atom stereocenters. The highest BCUT2D eigenvalue weighted by Gasteiger charge is 2.20. The summed E-state index contributed by atoms with van der Waals surface area (Å²) in [5.74, 6) is 0.819. The van der Waals surface area contributed by atoms with E-state index in [0.29, 0.717) is 11.1 Å². The van der Waals surface area contributed by atoms with Crippen LogP contribution in [0.1, 0.15) is 30.9 Å². The average Bonchev–Trinajstić information content (AvgIpc) is 2.81. The third kappa shape index (κ3) is 3.12. The molecule has 3 nitrogen and oxygen atoms in total. The topological polar surface area (TPSA) is 47.3 Å². The van der Waals surface area contributed by atoms with Crippen molar-refractivity contribution in [3.05, 3.63) is 28.8 Å². The van der Waals surface area contributed by atoms with Gasteiger partial charge in [-0.15, -0.1) is 0 Å². The Bertz CT molecular complexity index is 378. The highest BCUT2D eigenvalue weighted by atomic mass is 35.5. The molecule has 2 rings (SSSR count). The van der Waals surface area contributed by atoms with Gasteiger partial charge in [-0.2, -0.15) is 0 Å². The minimum Gasteiger partial charge on any atom is -0.496 e. The van der Waals surface area contributed by atoms with Gasteiger partial charge in [0.2, 0.25) is 0 Å². The molecule has 1 aliphatic heterocycles. The Kier molecular flexibility index (Phi) is 4.26. The molecule has 94 valence electrons. The van der Waals surface area contributed by atoms with Gasteiger partial charge in [-0.05, 0) is 44.0 Å². The maximum Gasteiger partial charge on any atom is 0.123 e. The summed E-state index contributed by atoms with van der Waals surface area (Å²) in [5, 5.41) is 4.16. The van der Waals surface area contributed by atoms with Crippen molar-refractivity contribution >= 4 is 11.6 Å². The van der Waals surface area contributed by atoms with Crippen molar-refractivity contribution in [2.75, 3.05) is 13.7 Å². The van der Waals surface area contributed by atoms with E-state index >= 15 is 0 Å². The van der Waals surface area contributed by atoms with Crippen molar-refractivity contribution in [2.24, 2.45) is 5.73 Å². The highest BCUT2D eigenvalue weighted by Crippen LogP contribution is 2.30. The molecule has 0 spiro atoms. The van der Waals surface area contributed by atoms with Gasteiger partial charge in [0.25, 0.3) is 0 Å². The molecule has 1 aromatic rings. The molecule has 3 N–H and O–H groups in total. The zero-order chi connectivity index (χ0) is 12.3. The van der Waals surface area contributed by atoms with Gasteiger partial charge in [-0.3, -0.25) is 0 Å². The molecule has 1 heterocycles. The predicted molar refractivity (Wildman–Crippen MR) is 70.6 cm³/mol. The van der Waals surface area contributed by atoms with Crippen LogP contribution in [0.25, 0.3) is 0 Å². The van der Waals surface area contributed by atoms with Gasteiger partial charge in [0.05, 0.1) is 7.11 Å². The molecule has 0 radical (unpaired) electrons. The maximum atomic E-state index is 6.24. The SMILES string of the molecule is COc1ccc(Cl)cc1C(N)CC1CCCN1. The van der Waals surface area contributed by atoms with E-state index in [1.54, 1.807) is 7.11 Å². The second kappa shape index (κ2) is 5.71. The van der Waals surface area contributed by atoms with E-state index < -0.39 is 0 Å². The first-order valence-corrected chi connectivity index (χ1v) is 6.41. The first-order valence-electron chi connectivity index (χ1n) is 6.03. The molecule has 0 saturated carbocycles. The monoisotopic (exact) mass is 254 g/mol. The first-order chi connectivity index (χ1) is 8.20. The van der Waals surface area contributed by atoms with E-state index in [-0.39, 0.29) is 6.04 Å². The minimum atomic E-state index is -0.0285. The lowest BCUT2D eigenvalue weighted by Gasteiger charge is -2.19. The lowest BCUT2D eigenvalue weighted by molar-refractivity contribution is 0.399. The molecular weight excluding hydrogens is 236 g/mol. The fraction of sp³-hybridized carbons (Fsp3) is 0.538. The van der Waals surface area contributed by atoms with Crippen molar-refractivity contribution in [3.8, 4) is 5.75 Å². The summed E-state index contributed by atoms with van der Waals surface area (Å²) >= 11 is 6.01. The van der Waals surface area contributed by atoms with Gasteiger partial charge < -0.3 is 15.8 Å². The van der Waals surface area contributed by atoms with Crippen LogP contribution in [0.15, 0.2) is 18.2 Å². The maximum absolute atomic E-state index is 6.24. The largest absolute Gasteiger partial charge is 0.496 e. The molecule has 1 fully saturated rings. The molecular formula is C13H19ClN2O. The number of ether oxygens (including phenoxy) is 1. The number of nitrogens with one attached hydrogen (secondary N) is 1. The Morgan fingerprint density at radius 3 is 3.06 bits per heavy atom. The van der Waals surface area contributed by atoms with E-state index in [2.05, 4.69) is 5.32 Å². The fourth-order valence-corrected chi connectivity index (χ4v) is 2.57. The van der Waals surface area contributed by atoms with Crippen LogP contribution >= 0.6 is 11.6 Å². The van der Waals surface area contributed by atoms with Gasteiger partial charge in [0.15, 0.2) is 0 Å². The van der Waals surface area contributed by atoms with Gasteiger partial charge in [-0.25, -0.2) is 0 Å². The third-order valence-electron chi connectivity index (χ3n) is 3.29. The second-order valence-electron chi connectivity index (χ2n) is 4.52. The summed E-state index contributed by atoms with van der Waals surface area (Å²) in [5.41, 5.74) is 7.24. The molecule has 17 heavy (non-hydrogen) atoms. The number of nitrogens with two attached hydrogens (primary N) is 1. The molecule has 1 aliphatic rings. The van der Waals surface area contributed by atoms with Crippen LogP contribution in [-0.4, -0.2) is 19.7 Å². The summed E-state index contributed by atoms with van der Waals surface area (Å²) < 4.78 is 5.33. The Morgan fingerprint density at radius 1 is 1.59 bits per heavy atom. The van der Waals surface area contributed by atoms with E-state index in [1.807, 2.05) is 18.2 Å². The van der Waals surface area contributed by atoms with Crippen LogP contribution in [0.4, 0.5) is 0 Å². The Hall–Kier alpha value is -0.770. The van der Waals surface area contributed by atoms with Crippen LogP contribution in [-0.2, 0) is 0 Å². The van der Waals surface area contributed by atoms with Gasteiger partial charge in [0.1, 0.15) is 5.75 Å². The quantitative estimate of drug-likeness (QED) is 0.868. The number of rotatable bonds is 4. The Balaban J connectivity index is 2.11. The Labute approximate surface area is 107 Å². The van der Waals surface area contributed by atoms with Gasteiger partial charge in [-0.1, -0.05) is 11.6 Å². The van der Waals surface area contributed by atoms with Gasteiger partial charge >= 0.3 is 0 Å². The van der Waals surface area contributed by atoms with Crippen LogP contribution in [0.3, 0.4) is 0 Å². The number of halogens is 1. The van der Waals surface area contributed by atoms with Crippen LogP contribution < -0.4 is 15.8 Å². The van der Waals surface area contributed by atoms with Crippen LogP contribution in [0.5, 0.6) is 5.75 Å². The zero-order valence-electron chi connectivity index (χ0n) is 10.1. The Morgan fingerprint density at radius 2 is 2.41 bits per heavy atom. The molecule has 2 unspecified atom stereocenters. The smallest absolute Gasteiger partial charge is 0.123 e. The van der Waals surface area contributed by atoms with Crippen LogP contribution in [0.2, 0.25) is 5.02 Å². The zero-order valence-corrected chi connectivity index (χ0v) is 10.8.